The number of aliphatic carboxylic acids is 1. The molecule has 0 aliphatic rings. The molecule has 0 heterocycles. The van der Waals surface area contributed by atoms with Crippen LogP contribution in [-0.2, 0) is 9.59 Å². The molecule has 1 unspecified atom stereocenters. The molecule has 1 atom stereocenters. The van der Waals surface area contributed by atoms with Crippen molar-refractivity contribution in [3.05, 3.63) is 75.4 Å². The summed E-state index contributed by atoms with van der Waals surface area (Å²) < 4.78 is 0.875. The SMILES string of the molecule is CCCCC(NC(=O)C(=Cc1ccc(Br)cc1)NC(=O)c1ccc(C)cc1)C(=O)O. The topological polar surface area (TPSA) is 95.5 Å². The van der Waals surface area contributed by atoms with E-state index in [9.17, 15) is 19.5 Å². The van der Waals surface area contributed by atoms with Crippen LogP contribution in [0, 0.1) is 6.92 Å². The van der Waals surface area contributed by atoms with Crippen LogP contribution in [0.5, 0.6) is 0 Å². The van der Waals surface area contributed by atoms with E-state index in [0.29, 0.717) is 24.0 Å². The van der Waals surface area contributed by atoms with Gasteiger partial charge in [-0.2, -0.15) is 0 Å². The predicted octanol–water partition coefficient (Wildman–Crippen LogP) is 4.29. The maximum absolute atomic E-state index is 12.8. The van der Waals surface area contributed by atoms with Gasteiger partial charge in [-0.1, -0.05) is 65.5 Å². The standard InChI is InChI=1S/C23H25BrN2O4/c1-3-4-5-19(23(29)30)25-22(28)20(14-16-8-12-18(24)13-9-16)26-21(27)17-10-6-15(2)7-11-17/h6-14,19H,3-5H2,1-2H3,(H,25,28)(H,26,27)(H,29,30). The van der Waals surface area contributed by atoms with Gasteiger partial charge in [0.1, 0.15) is 11.7 Å². The summed E-state index contributed by atoms with van der Waals surface area (Å²) in [6.45, 7) is 3.86. The van der Waals surface area contributed by atoms with E-state index in [0.717, 1.165) is 16.5 Å². The van der Waals surface area contributed by atoms with Gasteiger partial charge in [-0.3, -0.25) is 9.59 Å². The van der Waals surface area contributed by atoms with Gasteiger partial charge in [0.05, 0.1) is 0 Å². The summed E-state index contributed by atoms with van der Waals surface area (Å²) in [5, 5.41) is 14.5. The second-order valence-corrected chi connectivity index (χ2v) is 7.85. The van der Waals surface area contributed by atoms with Crippen molar-refractivity contribution in [2.24, 2.45) is 0 Å². The first kappa shape index (κ1) is 23.3. The summed E-state index contributed by atoms with van der Waals surface area (Å²) in [6.07, 6.45) is 3.31. The highest BCUT2D eigenvalue weighted by Crippen LogP contribution is 2.14. The minimum Gasteiger partial charge on any atom is -0.480 e. The van der Waals surface area contributed by atoms with Crippen molar-refractivity contribution >= 4 is 39.8 Å². The number of benzene rings is 2. The number of unbranched alkanes of at least 4 members (excludes halogenated alkanes) is 1. The van der Waals surface area contributed by atoms with E-state index in [4.69, 9.17) is 0 Å². The van der Waals surface area contributed by atoms with Crippen LogP contribution in [0.3, 0.4) is 0 Å². The van der Waals surface area contributed by atoms with E-state index in [2.05, 4.69) is 26.6 Å². The van der Waals surface area contributed by atoms with Crippen LogP contribution in [0.15, 0.2) is 58.7 Å². The molecule has 0 aliphatic heterocycles. The molecule has 2 aromatic carbocycles. The zero-order valence-corrected chi connectivity index (χ0v) is 18.5. The number of carbonyl (C=O) groups excluding carboxylic acids is 2. The molecule has 0 aliphatic carbocycles. The molecular formula is C23H25BrN2O4. The molecule has 2 amide bonds. The van der Waals surface area contributed by atoms with Gasteiger partial charge in [0.2, 0.25) is 0 Å². The lowest BCUT2D eigenvalue weighted by Gasteiger charge is -2.16. The number of aryl methyl sites for hydroxylation is 1. The molecule has 3 N–H and O–H groups in total. The second-order valence-electron chi connectivity index (χ2n) is 6.94. The second kappa shape index (κ2) is 11.3. The monoisotopic (exact) mass is 472 g/mol. The first-order valence-electron chi connectivity index (χ1n) is 9.69. The molecule has 0 radical (unpaired) electrons. The molecule has 0 saturated carbocycles. The van der Waals surface area contributed by atoms with E-state index in [-0.39, 0.29) is 5.70 Å². The molecule has 0 saturated heterocycles. The molecule has 6 nitrogen and oxygen atoms in total. The van der Waals surface area contributed by atoms with Crippen molar-refractivity contribution < 1.29 is 19.5 Å². The summed E-state index contributed by atoms with van der Waals surface area (Å²) in [5.74, 6) is -2.21. The largest absolute Gasteiger partial charge is 0.480 e. The number of carboxylic acid groups (broad SMARTS) is 1. The molecule has 0 fully saturated rings. The van der Waals surface area contributed by atoms with Gasteiger partial charge in [0, 0.05) is 10.0 Å². The van der Waals surface area contributed by atoms with Gasteiger partial charge in [-0.15, -0.1) is 0 Å². The third-order valence-corrected chi connectivity index (χ3v) is 4.97. The van der Waals surface area contributed by atoms with Gasteiger partial charge in [0.15, 0.2) is 0 Å². The highest BCUT2D eigenvalue weighted by Gasteiger charge is 2.22. The van der Waals surface area contributed by atoms with Crippen LogP contribution in [0.4, 0.5) is 0 Å². The van der Waals surface area contributed by atoms with Crippen molar-refractivity contribution in [1.82, 2.24) is 10.6 Å². The molecule has 0 spiro atoms. The third-order valence-electron chi connectivity index (χ3n) is 4.44. The normalized spacial score (nSPS) is 12.2. The molecule has 158 valence electrons. The van der Waals surface area contributed by atoms with E-state index in [1.165, 1.54) is 6.08 Å². The maximum Gasteiger partial charge on any atom is 0.326 e. The Labute approximate surface area is 184 Å². The fourth-order valence-electron chi connectivity index (χ4n) is 2.69. The minimum atomic E-state index is -1.11. The molecule has 2 rings (SSSR count). The molecule has 0 aromatic heterocycles. The van der Waals surface area contributed by atoms with Crippen LogP contribution >= 0.6 is 15.9 Å². The zero-order valence-electron chi connectivity index (χ0n) is 16.9. The lowest BCUT2D eigenvalue weighted by atomic mass is 10.1. The van der Waals surface area contributed by atoms with Crippen molar-refractivity contribution in [2.45, 2.75) is 39.2 Å². The van der Waals surface area contributed by atoms with Gasteiger partial charge < -0.3 is 15.7 Å². The number of carboxylic acids is 1. The number of nitrogens with one attached hydrogen (secondary N) is 2. The van der Waals surface area contributed by atoms with E-state index in [1.807, 2.05) is 26.0 Å². The van der Waals surface area contributed by atoms with Crippen LogP contribution in [-0.4, -0.2) is 28.9 Å². The Morgan fingerprint density at radius 2 is 1.70 bits per heavy atom. The molecular weight excluding hydrogens is 448 g/mol. The smallest absolute Gasteiger partial charge is 0.326 e. The quantitative estimate of drug-likeness (QED) is 0.474. The Kier molecular flexibility index (Phi) is 8.80. The number of carbonyl (C=O) groups is 3. The lowest BCUT2D eigenvalue weighted by molar-refractivity contribution is -0.141. The number of hydrogen-bond acceptors (Lipinski definition) is 3. The van der Waals surface area contributed by atoms with Gasteiger partial charge in [0.25, 0.3) is 11.8 Å². The van der Waals surface area contributed by atoms with Gasteiger partial charge in [-0.05, 0) is 49.2 Å². The predicted molar refractivity (Wildman–Crippen MR) is 120 cm³/mol. The zero-order chi connectivity index (χ0) is 22.1. The molecule has 2 aromatic rings. The first-order valence-corrected chi connectivity index (χ1v) is 10.5. The van der Waals surface area contributed by atoms with Crippen molar-refractivity contribution in [3.8, 4) is 0 Å². The fourth-order valence-corrected chi connectivity index (χ4v) is 2.95. The number of amides is 2. The van der Waals surface area contributed by atoms with Crippen molar-refractivity contribution in [3.63, 3.8) is 0 Å². The Hall–Kier alpha value is -2.93. The summed E-state index contributed by atoms with van der Waals surface area (Å²) in [4.78, 5) is 37.0. The van der Waals surface area contributed by atoms with Gasteiger partial charge >= 0.3 is 5.97 Å². The Morgan fingerprint density at radius 3 is 2.27 bits per heavy atom. The Morgan fingerprint density at radius 1 is 1.07 bits per heavy atom. The van der Waals surface area contributed by atoms with E-state index >= 15 is 0 Å². The number of halogens is 1. The molecule has 7 heteroatoms. The molecule has 30 heavy (non-hydrogen) atoms. The Bertz CT molecular complexity index is 921. The van der Waals surface area contributed by atoms with Crippen molar-refractivity contribution in [1.29, 1.82) is 0 Å². The van der Waals surface area contributed by atoms with Crippen LogP contribution in [0.1, 0.15) is 47.7 Å². The van der Waals surface area contributed by atoms with E-state index < -0.39 is 23.8 Å². The minimum absolute atomic E-state index is 0.0226. The summed E-state index contributed by atoms with van der Waals surface area (Å²) in [6, 6.07) is 13.1. The van der Waals surface area contributed by atoms with Crippen molar-refractivity contribution in [2.75, 3.05) is 0 Å². The lowest BCUT2D eigenvalue weighted by Crippen LogP contribution is -2.44. The maximum atomic E-state index is 12.8. The number of hydrogen-bond donors (Lipinski definition) is 3. The highest BCUT2D eigenvalue weighted by molar-refractivity contribution is 9.10. The first-order chi connectivity index (χ1) is 14.3. The average Bonchev–Trinajstić information content (AvgIpc) is 2.72. The third kappa shape index (κ3) is 7.15. The van der Waals surface area contributed by atoms with Gasteiger partial charge in [-0.25, -0.2) is 4.79 Å². The molecule has 0 bridgehead atoms. The average molecular weight is 473 g/mol. The van der Waals surface area contributed by atoms with Crippen LogP contribution in [0.2, 0.25) is 0 Å². The summed E-state index contributed by atoms with van der Waals surface area (Å²) in [7, 11) is 0. The van der Waals surface area contributed by atoms with E-state index in [1.54, 1.807) is 36.4 Å². The van der Waals surface area contributed by atoms with Crippen LogP contribution in [0.25, 0.3) is 6.08 Å². The fraction of sp³-hybridized carbons (Fsp3) is 0.261. The summed E-state index contributed by atoms with van der Waals surface area (Å²) in [5.41, 5.74) is 2.07. The van der Waals surface area contributed by atoms with Crippen LogP contribution < -0.4 is 10.6 Å². The number of rotatable bonds is 9. The highest BCUT2D eigenvalue weighted by atomic mass is 79.9. The summed E-state index contributed by atoms with van der Waals surface area (Å²) >= 11 is 3.36. The Balaban J connectivity index is 2.28.